The third-order valence-electron chi connectivity index (χ3n) is 4.46. The summed E-state index contributed by atoms with van der Waals surface area (Å²) in [6, 6.07) is 10.1. The van der Waals surface area contributed by atoms with Crippen LogP contribution in [0, 0.1) is 5.92 Å². The highest BCUT2D eigenvalue weighted by molar-refractivity contribution is 5.83. The number of rotatable bonds is 6. The average Bonchev–Trinajstić information content (AvgIpc) is 3.09. The Kier molecular flexibility index (Phi) is 5.33. The number of carbonyl (C=O) groups excluding carboxylic acids is 1. The zero-order valence-electron chi connectivity index (χ0n) is 13.9. The molecule has 1 amide bonds. The molecule has 2 aromatic rings. The number of aromatic nitrogens is 2. The van der Waals surface area contributed by atoms with E-state index in [0.717, 1.165) is 30.5 Å². The number of amides is 1. The molecule has 2 unspecified atom stereocenters. The number of carbonyl (C=O) groups is 2. The second kappa shape index (κ2) is 7.83. The second-order valence-electron chi connectivity index (χ2n) is 6.33. The van der Waals surface area contributed by atoms with Gasteiger partial charge in [-0.15, -0.1) is 0 Å². The van der Waals surface area contributed by atoms with Gasteiger partial charge >= 0.3 is 5.97 Å². The number of carboxylic acids is 1. The van der Waals surface area contributed by atoms with E-state index in [4.69, 9.17) is 5.11 Å². The molecule has 1 aliphatic rings. The molecular formula is C18H22N4O3. The van der Waals surface area contributed by atoms with Crippen LogP contribution >= 0.6 is 0 Å². The minimum atomic E-state index is -1.03. The zero-order chi connectivity index (χ0) is 17.6. The largest absolute Gasteiger partial charge is 0.480 e. The fourth-order valence-corrected chi connectivity index (χ4v) is 3.22. The molecule has 1 heterocycles. The van der Waals surface area contributed by atoms with E-state index in [0.29, 0.717) is 12.4 Å². The van der Waals surface area contributed by atoms with Gasteiger partial charge in [0.25, 0.3) is 0 Å². The van der Waals surface area contributed by atoms with Gasteiger partial charge in [-0.05, 0) is 24.8 Å². The lowest BCUT2D eigenvalue weighted by atomic mass is 9.85. The number of hydrogen-bond donors (Lipinski definition) is 4. The Bertz CT molecular complexity index is 729. The van der Waals surface area contributed by atoms with Crippen molar-refractivity contribution < 1.29 is 14.7 Å². The Labute approximate surface area is 145 Å². The number of nitrogens with zero attached hydrogens (tertiary/aromatic N) is 1. The minimum absolute atomic E-state index is 0.143. The average molecular weight is 342 g/mol. The maximum Gasteiger partial charge on any atom is 0.322 e. The van der Waals surface area contributed by atoms with Crippen molar-refractivity contribution in [2.45, 2.75) is 31.7 Å². The van der Waals surface area contributed by atoms with Gasteiger partial charge in [0.05, 0.1) is 11.9 Å². The molecule has 132 valence electrons. The number of aliphatic carboxylic acids is 1. The molecule has 1 saturated carbocycles. The van der Waals surface area contributed by atoms with Crippen molar-refractivity contribution in [1.82, 2.24) is 15.3 Å². The summed E-state index contributed by atoms with van der Waals surface area (Å²) in [5.74, 6) is -0.675. The lowest BCUT2D eigenvalue weighted by Crippen LogP contribution is -2.39. The minimum Gasteiger partial charge on any atom is -0.480 e. The lowest BCUT2D eigenvalue weighted by molar-refractivity contribution is -0.138. The molecule has 2 atom stereocenters. The Hall–Kier alpha value is -2.83. The van der Waals surface area contributed by atoms with Crippen LogP contribution in [0.15, 0.2) is 36.5 Å². The number of imidazole rings is 1. The third-order valence-corrected chi connectivity index (χ3v) is 4.46. The lowest BCUT2D eigenvalue weighted by Gasteiger charge is -2.28. The Balaban J connectivity index is 1.57. The van der Waals surface area contributed by atoms with Gasteiger partial charge in [-0.25, -0.2) is 4.98 Å². The van der Waals surface area contributed by atoms with Crippen LogP contribution in [0.25, 0.3) is 11.3 Å². The summed E-state index contributed by atoms with van der Waals surface area (Å²) in [7, 11) is 0. The highest BCUT2D eigenvalue weighted by Crippen LogP contribution is 2.27. The van der Waals surface area contributed by atoms with Gasteiger partial charge < -0.3 is 20.7 Å². The summed E-state index contributed by atoms with van der Waals surface area (Å²) in [6.45, 7) is -0.327. The van der Waals surface area contributed by atoms with Gasteiger partial charge in [-0.1, -0.05) is 36.8 Å². The predicted molar refractivity (Wildman–Crippen MR) is 94.0 cm³/mol. The van der Waals surface area contributed by atoms with Crippen LogP contribution in [-0.2, 0) is 9.59 Å². The van der Waals surface area contributed by atoms with Gasteiger partial charge in [-0.3, -0.25) is 9.59 Å². The van der Waals surface area contributed by atoms with Crippen LogP contribution in [0.4, 0.5) is 5.95 Å². The zero-order valence-corrected chi connectivity index (χ0v) is 13.9. The van der Waals surface area contributed by atoms with E-state index in [9.17, 15) is 9.59 Å². The third kappa shape index (κ3) is 4.59. The first kappa shape index (κ1) is 17.0. The van der Waals surface area contributed by atoms with E-state index in [2.05, 4.69) is 20.6 Å². The molecular weight excluding hydrogens is 320 g/mol. The number of H-pyrrole nitrogens is 1. The summed E-state index contributed by atoms with van der Waals surface area (Å²) in [5, 5.41) is 14.5. The van der Waals surface area contributed by atoms with Crippen molar-refractivity contribution in [1.29, 1.82) is 0 Å². The SMILES string of the molecule is O=C(O)CNC(=O)C1CCCC(Nc2ncc(-c3ccccc3)[nH]2)C1. The molecule has 0 saturated heterocycles. The van der Waals surface area contributed by atoms with Crippen LogP contribution < -0.4 is 10.6 Å². The fourth-order valence-electron chi connectivity index (χ4n) is 3.22. The van der Waals surface area contributed by atoms with Crippen molar-refractivity contribution in [2.75, 3.05) is 11.9 Å². The number of aromatic amines is 1. The maximum absolute atomic E-state index is 12.1. The number of benzene rings is 1. The quantitative estimate of drug-likeness (QED) is 0.644. The highest BCUT2D eigenvalue weighted by atomic mass is 16.4. The van der Waals surface area contributed by atoms with Crippen LogP contribution in [0.5, 0.6) is 0 Å². The number of nitrogens with one attached hydrogen (secondary N) is 3. The molecule has 7 nitrogen and oxygen atoms in total. The molecule has 1 aromatic heterocycles. The first-order chi connectivity index (χ1) is 12.1. The van der Waals surface area contributed by atoms with Crippen LogP contribution in [-0.4, -0.2) is 39.5 Å². The first-order valence-corrected chi connectivity index (χ1v) is 8.48. The van der Waals surface area contributed by atoms with E-state index >= 15 is 0 Å². The van der Waals surface area contributed by atoms with Gasteiger partial charge in [0, 0.05) is 12.0 Å². The smallest absolute Gasteiger partial charge is 0.322 e. The standard InChI is InChI=1S/C18H22N4O3/c23-16(24)11-19-17(25)13-7-4-8-14(9-13)21-18-20-10-15(22-18)12-5-2-1-3-6-12/h1-3,5-6,10,13-14H,4,7-9,11H2,(H,19,25)(H,23,24)(H2,20,21,22). The van der Waals surface area contributed by atoms with Gasteiger partial charge in [0.1, 0.15) is 6.54 Å². The molecule has 0 radical (unpaired) electrons. The van der Waals surface area contributed by atoms with E-state index in [1.165, 1.54) is 0 Å². The summed E-state index contributed by atoms with van der Waals surface area (Å²) in [4.78, 5) is 30.3. The number of anilines is 1. The number of carboxylic acid groups (broad SMARTS) is 1. The van der Waals surface area contributed by atoms with Crippen LogP contribution in [0.3, 0.4) is 0 Å². The maximum atomic E-state index is 12.1. The molecule has 7 heteroatoms. The molecule has 0 aliphatic heterocycles. The van der Waals surface area contributed by atoms with Crippen molar-refractivity contribution >= 4 is 17.8 Å². The molecule has 1 fully saturated rings. The second-order valence-corrected chi connectivity index (χ2v) is 6.33. The van der Waals surface area contributed by atoms with E-state index in [1.54, 1.807) is 6.20 Å². The van der Waals surface area contributed by atoms with E-state index < -0.39 is 5.97 Å². The van der Waals surface area contributed by atoms with Gasteiger partial charge in [0.15, 0.2) is 0 Å². The molecule has 4 N–H and O–H groups in total. The van der Waals surface area contributed by atoms with Gasteiger partial charge in [-0.2, -0.15) is 0 Å². The molecule has 1 aliphatic carbocycles. The molecule has 3 rings (SSSR count). The summed E-state index contributed by atoms with van der Waals surface area (Å²) >= 11 is 0. The van der Waals surface area contributed by atoms with Crippen LogP contribution in [0.1, 0.15) is 25.7 Å². The summed E-state index contributed by atoms with van der Waals surface area (Å²) in [6.07, 6.45) is 5.14. The van der Waals surface area contributed by atoms with E-state index in [-0.39, 0.29) is 24.4 Å². The first-order valence-electron chi connectivity index (χ1n) is 8.48. The molecule has 25 heavy (non-hydrogen) atoms. The van der Waals surface area contributed by atoms with Crippen molar-refractivity contribution in [3.63, 3.8) is 0 Å². The Morgan fingerprint density at radius 2 is 2.04 bits per heavy atom. The van der Waals surface area contributed by atoms with Crippen LogP contribution in [0.2, 0.25) is 0 Å². The van der Waals surface area contributed by atoms with E-state index in [1.807, 2.05) is 30.3 Å². The summed E-state index contributed by atoms with van der Waals surface area (Å²) < 4.78 is 0. The van der Waals surface area contributed by atoms with Crippen molar-refractivity contribution in [2.24, 2.45) is 5.92 Å². The summed E-state index contributed by atoms with van der Waals surface area (Å²) in [5.41, 5.74) is 2.01. The van der Waals surface area contributed by atoms with Crippen molar-refractivity contribution in [3.8, 4) is 11.3 Å². The molecule has 0 bridgehead atoms. The normalized spacial score (nSPS) is 20.0. The van der Waals surface area contributed by atoms with Gasteiger partial charge in [0.2, 0.25) is 11.9 Å². The monoisotopic (exact) mass is 342 g/mol. The predicted octanol–water partition coefficient (Wildman–Crippen LogP) is 2.25. The Morgan fingerprint density at radius 1 is 1.24 bits per heavy atom. The number of hydrogen-bond acceptors (Lipinski definition) is 4. The molecule has 0 spiro atoms. The topological polar surface area (TPSA) is 107 Å². The fraction of sp³-hybridized carbons (Fsp3) is 0.389. The Morgan fingerprint density at radius 3 is 2.80 bits per heavy atom. The van der Waals surface area contributed by atoms with Crippen molar-refractivity contribution in [3.05, 3.63) is 36.5 Å². The highest BCUT2D eigenvalue weighted by Gasteiger charge is 2.27. The molecule has 1 aromatic carbocycles.